The molecule has 0 aliphatic heterocycles. The van der Waals surface area contributed by atoms with Gasteiger partial charge in [-0.25, -0.2) is 9.59 Å². The molecule has 2 aliphatic rings. The number of carbonyl (C=O) groups excluding carboxylic acids is 2. The van der Waals surface area contributed by atoms with Gasteiger partial charge in [0.15, 0.2) is 0 Å². The number of nitrogens with one attached hydrogen (secondary N) is 3. The van der Waals surface area contributed by atoms with Gasteiger partial charge in [0, 0.05) is 24.7 Å². The molecule has 31 heavy (non-hydrogen) atoms. The van der Waals surface area contributed by atoms with Crippen molar-refractivity contribution < 1.29 is 19.5 Å². The summed E-state index contributed by atoms with van der Waals surface area (Å²) in [6.07, 6.45) is 6.21. The van der Waals surface area contributed by atoms with Gasteiger partial charge in [-0.2, -0.15) is 0 Å². The minimum Gasteiger partial charge on any atom is -0.480 e. The first-order valence-electron chi connectivity index (χ1n) is 10.7. The van der Waals surface area contributed by atoms with E-state index < -0.39 is 18.0 Å². The molecule has 0 fully saturated rings. The van der Waals surface area contributed by atoms with E-state index >= 15 is 0 Å². The van der Waals surface area contributed by atoms with Crippen molar-refractivity contribution >= 4 is 29.3 Å². The van der Waals surface area contributed by atoms with Crippen LogP contribution in [0.1, 0.15) is 47.6 Å². The summed E-state index contributed by atoms with van der Waals surface area (Å²) in [4.78, 5) is 35.9. The highest BCUT2D eigenvalue weighted by Gasteiger charge is 2.26. The molecule has 4 N–H and O–H groups in total. The van der Waals surface area contributed by atoms with E-state index in [2.05, 4.69) is 22.0 Å². The lowest BCUT2D eigenvalue weighted by Crippen LogP contribution is -2.44. The number of aryl methyl sites for hydroxylation is 2. The Kier molecular flexibility index (Phi) is 5.93. The molecule has 0 radical (unpaired) electrons. The van der Waals surface area contributed by atoms with Crippen LogP contribution < -0.4 is 16.0 Å². The molecule has 2 aromatic carbocycles. The Morgan fingerprint density at radius 2 is 1.65 bits per heavy atom. The summed E-state index contributed by atoms with van der Waals surface area (Å²) in [6.45, 7) is 1.41. The first kappa shape index (κ1) is 20.9. The molecule has 162 valence electrons. The summed E-state index contributed by atoms with van der Waals surface area (Å²) < 4.78 is 0. The van der Waals surface area contributed by atoms with Crippen LogP contribution in [0.25, 0.3) is 0 Å². The van der Waals surface area contributed by atoms with Crippen LogP contribution in [-0.2, 0) is 41.7 Å². The molecule has 0 spiro atoms. The molecule has 7 heteroatoms. The maximum atomic E-state index is 12.8. The highest BCUT2D eigenvalue weighted by molar-refractivity contribution is 5.94. The van der Waals surface area contributed by atoms with Crippen LogP contribution in [0.3, 0.4) is 0 Å². The maximum absolute atomic E-state index is 12.8. The third kappa shape index (κ3) is 4.71. The van der Waals surface area contributed by atoms with Crippen molar-refractivity contribution in [3.63, 3.8) is 0 Å². The van der Waals surface area contributed by atoms with E-state index in [9.17, 15) is 19.5 Å². The van der Waals surface area contributed by atoms with E-state index in [1.54, 1.807) is 24.3 Å². The van der Waals surface area contributed by atoms with Gasteiger partial charge in [-0.1, -0.05) is 18.2 Å². The molecular weight excluding hydrogens is 394 g/mol. The molecule has 3 amide bonds. The molecule has 0 saturated carbocycles. The Balaban J connectivity index is 1.48. The number of aliphatic carboxylic acids is 1. The van der Waals surface area contributed by atoms with Crippen molar-refractivity contribution in [1.29, 1.82) is 0 Å². The molecule has 0 aromatic heterocycles. The summed E-state index contributed by atoms with van der Waals surface area (Å²) in [5, 5.41) is 17.9. The van der Waals surface area contributed by atoms with Crippen LogP contribution in [0.2, 0.25) is 0 Å². The summed E-state index contributed by atoms with van der Waals surface area (Å²) >= 11 is 0. The average molecular weight is 421 g/mol. The molecule has 1 atom stereocenters. The zero-order chi connectivity index (χ0) is 22.0. The third-order valence-electron chi connectivity index (χ3n) is 6.00. The van der Waals surface area contributed by atoms with Crippen LogP contribution in [0.15, 0.2) is 30.3 Å². The zero-order valence-corrected chi connectivity index (χ0v) is 17.6. The Hall–Kier alpha value is -3.35. The molecule has 2 aliphatic carbocycles. The number of hydrogen-bond donors (Lipinski definition) is 4. The van der Waals surface area contributed by atoms with E-state index in [4.69, 9.17) is 0 Å². The largest absolute Gasteiger partial charge is 0.480 e. The predicted octanol–water partition coefficient (Wildman–Crippen LogP) is 3.44. The number of carbonyl (C=O) groups is 3. The third-order valence-corrected chi connectivity index (χ3v) is 6.00. The van der Waals surface area contributed by atoms with Crippen molar-refractivity contribution in [2.45, 2.75) is 57.9 Å². The van der Waals surface area contributed by atoms with Crippen LogP contribution >= 0.6 is 0 Å². The fraction of sp³-hybridized carbons (Fsp3) is 0.375. The topological polar surface area (TPSA) is 108 Å². The summed E-state index contributed by atoms with van der Waals surface area (Å²) in [5.41, 5.74) is 7.20. The number of carboxylic acid groups (broad SMARTS) is 1. The fourth-order valence-electron chi connectivity index (χ4n) is 4.69. The van der Waals surface area contributed by atoms with E-state index in [0.717, 1.165) is 44.2 Å². The number of benzene rings is 2. The van der Waals surface area contributed by atoms with Gasteiger partial charge >= 0.3 is 12.0 Å². The lowest BCUT2D eigenvalue weighted by molar-refractivity contribution is -0.139. The van der Waals surface area contributed by atoms with E-state index in [0.29, 0.717) is 11.3 Å². The van der Waals surface area contributed by atoms with Crippen molar-refractivity contribution in [3.05, 3.63) is 58.1 Å². The number of fused-ring (bicyclic) bond motifs is 2. The van der Waals surface area contributed by atoms with E-state index in [1.807, 2.05) is 0 Å². The van der Waals surface area contributed by atoms with Gasteiger partial charge in [-0.15, -0.1) is 0 Å². The molecule has 0 saturated heterocycles. The van der Waals surface area contributed by atoms with Crippen molar-refractivity contribution in [2.24, 2.45) is 0 Å². The first-order chi connectivity index (χ1) is 14.9. The van der Waals surface area contributed by atoms with Crippen LogP contribution in [0.4, 0.5) is 16.2 Å². The second-order valence-electron chi connectivity index (χ2n) is 8.31. The molecular formula is C24H27N3O4. The molecule has 0 bridgehead atoms. The molecule has 7 nitrogen and oxygen atoms in total. The van der Waals surface area contributed by atoms with E-state index in [1.165, 1.54) is 29.2 Å². The molecule has 1 unspecified atom stereocenters. The summed E-state index contributed by atoms with van der Waals surface area (Å²) in [6, 6.07) is 7.67. The van der Waals surface area contributed by atoms with Crippen LogP contribution in [0.5, 0.6) is 0 Å². The molecule has 4 rings (SSSR count). The first-order valence-corrected chi connectivity index (χ1v) is 10.7. The SMILES string of the molecule is CC(=O)Nc1cccc(CC(NC(=O)Nc2c3c(cc4c2CCC4)CCC3)C(=O)O)c1. The van der Waals surface area contributed by atoms with Crippen LogP contribution in [0, 0.1) is 0 Å². The Morgan fingerprint density at radius 1 is 0.968 bits per heavy atom. The molecule has 0 heterocycles. The number of urea groups is 1. The van der Waals surface area contributed by atoms with Gasteiger partial charge in [0.1, 0.15) is 6.04 Å². The smallest absolute Gasteiger partial charge is 0.326 e. The Labute approximate surface area is 181 Å². The highest BCUT2D eigenvalue weighted by Crippen LogP contribution is 2.38. The lowest BCUT2D eigenvalue weighted by atomic mass is 9.99. The predicted molar refractivity (Wildman–Crippen MR) is 119 cm³/mol. The Morgan fingerprint density at radius 3 is 2.26 bits per heavy atom. The van der Waals surface area contributed by atoms with Gasteiger partial charge in [0.25, 0.3) is 0 Å². The zero-order valence-electron chi connectivity index (χ0n) is 17.6. The fourth-order valence-corrected chi connectivity index (χ4v) is 4.69. The maximum Gasteiger partial charge on any atom is 0.326 e. The molecule has 2 aromatic rings. The number of anilines is 2. The number of amides is 3. The van der Waals surface area contributed by atoms with Crippen molar-refractivity contribution in [3.8, 4) is 0 Å². The van der Waals surface area contributed by atoms with Gasteiger partial charge < -0.3 is 21.1 Å². The normalized spacial score (nSPS) is 15.0. The number of hydrogen-bond acceptors (Lipinski definition) is 3. The number of rotatable bonds is 6. The van der Waals surface area contributed by atoms with Crippen molar-refractivity contribution in [2.75, 3.05) is 10.6 Å². The monoisotopic (exact) mass is 421 g/mol. The summed E-state index contributed by atoms with van der Waals surface area (Å²) in [7, 11) is 0. The minimum absolute atomic E-state index is 0.112. The second-order valence-corrected chi connectivity index (χ2v) is 8.31. The lowest BCUT2D eigenvalue weighted by Gasteiger charge is -2.19. The standard InChI is InChI=1S/C24H27N3O4/c1-14(28)25-18-8-2-5-15(11-18)12-21(23(29)30)26-24(31)27-22-19-9-3-6-16(19)13-17-7-4-10-20(17)22/h2,5,8,11,13,21H,3-4,6-7,9-10,12H2,1H3,(H,25,28)(H,29,30)(H2,26,27,31). The minimum atomic E-state index is -1.11. The van der Waals surface area contributed by atoms with Gasteiger partial charge in [0.2, 0.25) is 5.91 Å². The van der Waals surface area contributed by atoms with Gasteiger partial charge in [0.05, 0.1) is 0 Å². The van der Waals surface area contributed by atoms with Gasteiger partial charge in [-0.3, -0.25) is 4.79 Å². The average Bonchev–Trinajstić information content (AvgIpc) is 3.36. The highest BCUT2D eigenvalue weighted by atomic mass is 16.4. The second kappa shape index (κ2) is 8.79. The van der Waals surface area contributed by atoms with Crippen molar-refractivity contribution in [1.82, 2.24) is 5.32 Å². The quantitative estimate of drug-likeness (QED) is 0.573. The van der Waals surface area contributed by atoms with Gasteiger partial charge in [-0.05, 0) is 78.5 Å². The van der Waals surface area contributed by atoms with Crippen LogP contribution in [-0.4, -0.2) is 29.1 Å². The number of carboxylic acids is 1. The summed E-state index contributed by atoms with van der Waals surface area (Å²) in [5.74, 6) is -1.31. The Bertz CT molecular complexity index is 1020. The van der Waals surface area contributed by atoms with E-state index in [-0.39, 0.29) is 12.3 Å².